The molecule has 3 aromatic carbocycles. The second-order valence-electron chi connectivity index (χ2n) is 6.65. The molecule has 27 heavy (non-hydrogen) atoms. The molecule has 2 nitrogen and oxygen atoms in total. The Balaban J connectivity index is 1.70. The predicted molar refractivity (Wildman–Crippen MR) is 114 cm³/mol. The number of halogens is 1. The number of carbonyl (C=O) groups excluding carboxylic acids is 2. The van der Waals surface area contributed by atoms with E-state index >= 15 is 0 Å². The van der Waals surface area contributed by atoms with Crippen LogP contribution in [0.25, 0.3) is 0 Å². The Morgan fingerprint density at radius 2 is 1.15 bits per heavy atom. The fraction of sp³-hybridized carbons (Fsp3) is 0.130. The summed E-state index contributed by atoms with van der Waals surface area (Å²) < 4.78 is -0.567. The first-order chi connectivity index (χ1) is 12.8. The van der Waals surface area contributed by atoms with E-state index in [2.05, 4.69) is 15.9 Å². The largest absolute Gasteiger partial charge is 0.293 e. The lowest BCUT2D eigenvalue weighted by atomic mass is 10.0. The van der Waals surface area contributed by atoms with Gasteiger partial charge in [-0.1, -0.05) is 70.2 Å². The molecule has 4 heteroatoms. The molecule has 0 radical (unpaired) electrons. The minimum Gasteiger partial charge on any atom is -0.293 e. The first-order valence-electron chi connectivity index (χ1n) is 8.56. The smallest absolute Gasteiger partial charge is 0.193 e. The average molecular weight is 439 g/mol. The highest BCUT2D eigenvalue weighted by atomic mass is 79.9. The van der Waals surface area contributed by atoms with Crippen molar-refractivity contribution in [1.82, 2.24) is 0 Å². The standard InChI is InChI=1S/C23H19BrO2S/c1-23(2,24)22(26)18-10-14-20(15-11-18)27-19-12-8-17(9-13-19)21(25)16-6-4-3-5-7-16/h3-15H,1-2H3. The molecule has 3 rings (SSSR count). The van der Waals surface area contributed by atoms with Crippen molar-refractivity contribution < 1.29 is 9.59 Å². The monoisotopic (exact) mass is 438 g/mol. The van der Waals surface area contributed by atoms with Gasteiger partial charge >= 0.3 is 0 Å². The molecule has 0 aliphatic heterocycles. The van der Waals surface area contributed by atoms with Crippen molar-refractivity contribution in [2.24, 2.45) is 0 Å². The van der Waals surface area contributed by atoms with Gasteiger partial charge in [0, 0.05) is 26.5 Å². The quantitative estimate of drug-likeness (QED) is 0.328. The van der Waals surface area contributed by atoms with E-state index in [0.717, 1.165) is 9.79 Å². The SMILES string of the molecule is CC(C)(Br)C(=O)c1ccc(Sc2ccc(C(=O)c3ccccc3)cc2)cc1. The lowest BCUT2D eigenvalue weighted by Crippen LogP contribution is -2.23. The van der Waals surface area contributed by atoms with E-state index in [0.29, 0.717) is 16.7 Å². The molecule has 0 spiro atoms. The second-order valence-corrected chi connectivity index (χ2v) is 9.78. The van der Waals surface area contributed by atoms with Gasteiger partial charge in [0.1, 0.15) is 0 Å². The highest BCUT2D eigenvalue weighted by Gasteiger charge is 2.24. The normalized spacial score (nSPS) is 11.2. The van der Waals surface area contributed by atoms with Crippen LogP contribution in [0.2, 0.25) is 0 Å². The Bertz CT molecular complexity index is 940. The Morgan fingerprint density at radius 1 is 0.704 bits per heavy atom. The lowest BCUT2D eigenvalue weighted by molar-refractivity contribution is 0.0960. The third-order valence-corrected chi connectivity index (χ3v) is 5.42. The van der Waals surface area contributed by atoms with E-state index in [4.69, 9.17) is 0 Å². The zero-order valence-corrected chi connectivity index (χ0v) is 17.5. The van der Waals surface area contributed by atoms with E-state index < -0.39 is 4.32 Å². The number of benzene rings is 3. The van der Waals surface area contributed by atoms with Crippen molar-refractivity contribution in [3.63, 3.8) is 0 Å². The van der Waals surface area contributed by atoms with Crippen LogP contribution in [-0.4, -0.2) is 15.9 Å². The molecule has 0 N–H and O–H groups in total. The number of hydrogen-bond acceptors (Lipinski definition) is 3. The van der Waals surface area contributed by atoms with Crippen LogP contribution in [-0.2, 0) is 0 Å². The minimum atomic E-state index is -0.567. The molecule has 3 aromatic rings. The predicted octanol–water partition coefficient (Wildman–Crippen LogP) is 6.43. The van der Waals surface area contributed by atoms with Crippen LogP contribution in [0.1, 0.15) is 40.1 Å². The van der Waals surface area contributed by atoms with E-state index in [1.165, 1.54) is 0 Å². The van der Waals surface area contributed by atoms with Crippen molar-refractivity contribution in [3.8, 4) is 0 Å². The van der Waals surface area contributed by atoms with Gasteiger partial charge in [-0.15, -0.1) is 0 Å². The first-order valence-corrected chi connectivity index (χ1v) is 10.2. The summed E-state index contributed by atoms with van der Waals surface area (Å²) in [5.74, 6) is 0.0789. The molecule has 0 saturated heterocycles. The van der Waals surface area contributed by atoms with E-state index in [-0.39, 0.29) is 11.6 Å². The topological polar surface area (TPSA) is 34.1 Å². The van der Waals surface area contributed by atoms with Crippen LogP contribution in [0.3, 0.4) is 0 Å². The molecule has 0 atom stereocenters. The molecular weight excluding hydrogens is 420 g/mol. The summed E-state index contributed by atoms with van der Waals surface area (Å²) in [5, 5.41) is 0. The van der Waals surface area contributed by atoms with E-state index in [1.54, 1.807) is 11.8 Å². The van der Waals surface area contributed by atoms with Crippen LogP contribution < -0.4 is 0 Å². The summed E-state index contributed by atoms with van der Waals surface area (Å²) in [4.78, 5) is 26.8. The molecule has 0 heterocycles. The average Bonchev–Trinajstić information content (AvgIpc) is 2.68. The molecule has 0 aromatic heterocycles. The zero-order chi connectivity index (χ0) is 19.4. The van der Waals surface area contributed by atoms with Crippen LogP contribution in [0.4, 0.5) is 0 Å². The van der Waals surface area contributed by atoms with E-state index in [1.807, 2.05) is 92.7 Å². The second kappa shape index (κ2) is 8.24. The number of ketones is 2. The van der Waals surface area contributed by atoms with Crippen LogP contribution in [0.5, 0.6) is 0 Å². The molecule has 0 saturated carbocycles. The maximum Gasteiger partial charge on any atom is 0.193 e. The Labute approximate surface area is 172 Å². The Morgan fingerprint density at radius 3 is 1.63 bits per heavy atom. The Kier molecular flexibility index (Phi) is 5.98. The number of Topliss-reactive ketones (excluding diaryl/α,β-unsaturated/α-hetero) is 1. The van der Waals surface area contributed by atoms with Gasteiger partial charge in [0.05, 0.1) is 4.32 Å². The highest BCUT2D eigenvalue weighted by molar-refractivity contribution is 9.10. The summed E-state index contributed by atoms with van der Waals surface area (Å²) in [7, 11) is 0. The van der Waals surface area contributed by atoms with Crippen LogP contribution in [0.15, 0.2) is 88.7 Å². The lowest BCUT2D eigenvalue weighted by Gasteiger charge is -2.14. The summed E-state index contributed by atoms with van der Waals surface area (Å²) in [6.07, 6.45) is 0. The fourth-order valence-corrected chi connectivity index (χ4v) is 3.63. The van der Waals surface area contributed by atoms with Gasteiger partial charge < -0.3 is 0 Å². The molecule has 0 amide bonds. The van der Waals surface area contributed by atoms with Gasteiger partial charge in [0.15, 0.2) is 11.6 Å². The summed E-state index contributed by atoms with van der Waals surface area (Å²) in [6.45, 7) is 3.69. The number of rotatable bonds is 6. The highest BCUT2D eigenvalue weighted by Crippen LogP contribution is 2.29. The summed E-state index contributed by atoms with van der Waals surface area (Å²) in [6, 6.07) is 24.4. The van der Waals surface area contributed by atoms with Crippen molar-refractivity contribution in [2.45, 2.75) is 28.0 Å². The fourth-order valence-electron chi connectivity index (χ4n) is 2.58. The van der Waals surface area contributed by atoms with Gasteiger partial charge in [-0.2, -0.15) is 0 Å². The third-order valence-electron chi connectivity index (χ3n) is 4.04. The maximum absolute atomic E-state index is 12.5. The molecule has 0 bridgehead atoms. The number of hydrogen-bond donors (Lipinski definition) is 0. The van der Waals surface area contributed by atoms with E-state index in [9.17, 15) is 9.59 Å². The molecular formula is C23H19BrO2S. The molecule has 0 unspecified atom stereocenters. The van der Waals surface area contributed by atoms with Crippen molar-refractivity contribution in [1.29, 1.82) is 0 Å². The summed E-state index contributed by atoms with van der Waals surface area (Å²) in [5.41, 5.74) is 2.05. The molecule has 136 valence electrons. The molecule has 0 fully saturated rings. The molecule has 0 aliphatic rings. The molecule has 0 aliphatic carbocycles. The number of carbonyl (C=O) groups is 2. The third kappa shape index (κ3) is 4.96. The van der Waals surface area contributed by atoms with Gasteiger partial charge in [-0.3, -0.25) is 9.59 Å². The zero-order valence-electron chi connectivity index (χ0n) is 15.1. The Hall–Kier alpha value is -2.17. The van der Waals surface area contributed by atoms with Gasteiger partial charge in [-0.05, 0) is 50.2 Å². The van der Waals surface area contributed by atoms with Crippen LogP contribution >= 0.6 is 27.7 Å². The van der Waals surface area contributed by atoms with Crippen molar-refractivity contribution >= 4 is 39.3 Å². The van der Waals surface area contributed by atoms with Crippen molar-refractivity contribution in [3.05, 3.63) is 95.6 Å². The maximum atomic E-state index is 12.5. The van der Waals surface area contributed by atoms with Crippen molar-refractivity contribution in [2.75, 3.05) is 0 Å². The van der Waals surface area contributed by atoms with Gasteiger partial charge in [0.25, 0.3) is 0 Å². The van der Waals surface area contributed by atoms with Crippen LogP contribution in [0, 0.1) is 0 Å². The van der Waals surface area contributed by atoms with Gasteiger partial charge in [0.2, 0.25) is 0 Å². The summed E-state index contributed by atoms with van der Waals surface area (Å²) >= 11 is 5.00. The number of alkyl halides is 1. The first kappa shape index (κ1) is 19.6. The minimum absolute atomic E-state index is 0.0207. The van der Waals surface area contributed by atoms with Gasteiger partial charge in [-0.25, -0.2) is 0 Å².